The van der Waals surface area contributed by atoms with Crippen LogP contribution in [0.4, 0.5) is 5.69 Å². The highest BCUT2D eigenvalue weighted by Gasteiger charge is 2.20. The average molecular weight is 515 g/mol. The molecule has 2 N–H and O–H groups in total. The van der Waals surface area contributed by atoms with Gasteiger partial charge in [-0.15, -0.1) is 0 Å². The Morgan fingerprint density at radius 3 is 2.60 bits per heavy atom. The molecule has 10 heteroatoms. The maximum atomic E-state index is 12.7. The predicted molar refractivity (Wildman–Crippen MR) is 139 cm³/mol. The Hall–Kier alpha value is -2.85. The predicted octanol–water partition coefficient (Wildman–Crippen LogP) is 3.81. The molecule has 35 heavy (non-hydrogen) atoms. The van der Waals surface area contributed by atoms with Crippen molar-refractivity contribution in [2.45, 2.75) is 17.7 Å². The number of nitrogens with zero attached hydrogens (tertiary/aromatic N) is 2. The van der Waals surface area contributed by atoms with E-state index >= 15 is 0 Å². The number of sulfonamides is 1. The van der Waals surface area contributed by atoms with Crippen LogP contribution in [-0.2, 0) is 10.0 Å². The van der Waals surface area contributed by atoms with Crippen molar-refractivity contribution >= 4 is 49.2 Å². The molecule has 3 aromatic carbocycles. The summed E-state index contributed by atoms with van der Waals surface area (Å²) in [7, 11) is -3.57. The molecular formula is C25H27ClN4O4S. The molecule has 5 rings (SSSR count). The maximum absolute atomic E-state index is 12.7. The lowest BCUT2D eigenvalue weighted by Gasteiger charge is -2.36. The number of rotatable bonds is 8. The van der Waals surface area contributed by atoms with Gasteiger partial charge in [0.15, 0.2) is 5.58 Å². The van der Waals surface area contributed by atoms with Gasteiger partial charge < -0.3 is 9.32 Å². The van der Waals surface area contributed by atoms with Crippen molar-refractivity contribution in [3.8, 4) is 0 Å². The highest BCUT2D eigenvalue weighted by Crippen LogP contribution is 2.26. The zero-order valence-electron chi connectivity index (χ0n) is 19.2. The van der Waals surface area contributed by atoms with Gasteiger partial charge >= 0.3 is 5.76 Å². The van der Waals surface area contributed by atoms with Crippen molar-refractivity contribution < 1.29 is 12.8 Å². The molecule has 1 aliphatic heterocycles. The van der Waals surface area contributed by atoms with E-state index in [1.807, 2.05) is 24.3 Å². The van der Waals surface area contributed by atoms with Crippen molar-refractivity contribution in [3.05, 3.63) is 70.2 Å². The number of fused-ring (bicyclic) bond motifs is 2. The molecule has 1 saturated heterocycles. The molecule has 0 spiro atoms. The summed E-state index contributed by atoms with van der Waals surface area (Å²) < 4.78 is 33.4. The van der Waals surface area contributed by atoms with E-state index in [1.165, 1.54) is 0 Å². The van der Waals surface area contributed by atoms with E-state index in [4.69, 9.17) is 16.0 Å². The summed E-state index contributed by atoms with van der Waals surface area (Å²) in [5.41, 5.74) is 2.25. The van der Waals surface area contributed by atoms with Crippen LogP contribution >= 0.6 is 11.6 Å². The molecule has 184 valence electrons. The lowest BCUT2D eigenvalue weighted by Crippen LogP contribution is -2.46. The third-order valence-corrected chi connectivity index (χ3v) is 8.11. The summed E-state index contributed by atoms with van der Waals surface area (Å²) in [6.45, 7) is 4.78. The Labute approximate surface area is 208 Å². The summed E-state index contributed by atoms with van der Waals surface area (Å²) in [4.78, 5) is 19.1. The van der Waals surface area contributed by atoms with Crippen LogP contribution in [0.5, 0.6) is 0 Å². The van der Waals surface area contributed by atoms with Gasteiger partial charge in [0.2, 0.25) is 10.0 Å². The van der Waals surface area contributed by atoms with E-state index in [9.17, 15) is 13.2 Å². The van der Waals surface area contributed by atoms with Gasteiger partial charge in [-0.05, 0) is 66.6 Å². The minimum Gasteiger partial charge on any atom is -0.406 e. The van der Waals surface area contributed by atoms with Crippen LogP contribution in [-0.4, -0.2) is 57.6 Å². The fourth-order valence-electron chi connectivity index (χ4n) is 4.53. The maximum Gasteiger partial charge on any atom is 0.417 e. The molecule has 0 radical (unpaired) electrons. The fourth-order valence-corrected chi connectivity index (χ4v) is 5.82. The van der Waals surface area contributed by atoms with Crippen LogP contribution in [0.15, 0.2) is 68.7 Å². The molecule has 0 amide bonds. The molecule has 0 atom stereocenters. The number of aromatic nitrogens is 1. The SMILES string of the molecule is O=c1[nH]c2cccc(N3CCN(CCCCNS(=O)(=O)c4ccc5ccc(Cl)cc5c4)CC3)c2o1. The van der Waals surface area contributed by atoms with Crippen LogP contribution in [0.25, 0.3) is 21.9 Å². The molecular weight excluding hydrogens is 488 g/mol. The Bertz CT molecular complexity index is 1510. The van der Waals surface area contributed by atoms with Gasteiger partial charge in [-0.2, -0.15) is 0 Å². The number of oxazole rings is 1. The number of unbranched alkanes of at least 4 members (excludes halogenated alkanes) is 1. The van der Waals surface area contributed by atoms with E-state index in [-0.39, 0.29) is 4.90 Å². The number of para-hydroxylation sites is 1. The molecule has 0 bridgehead atoms. The highest BCUT2D eigenvalue weighted by atomic mass is 35.5. The van der Waals surface area contributed by atoms with Crippen LogP contribution in [0, 0.1) is 0 Å². The van der Waals surface area contributed by atoms with Gasteiger partial charge in [-0.25, -0.2) is 17.9 Å². The second-order valence-corrected chi connectivity index (χ2v) is 11.0. The number of hydrogen-bond donors (Lipinski definition) is 2. The Morgan fingerprint density at radius 2 is 1.77 bits per heavy atom. The zero-order chi connectivity index (χ0) is 24.4. The molecule has 1 aromatic heterocycles. The van der Waals surface area contributed by atoms with Crippen molar-refractivity contribution in [3.63, 3.8) is 0 Å². The first-order valence-corrected chi connectivity index (χ1v) is 13.5. The number of hydrogen-bond acceptors (Lipinski definition) is 6. The Balaban J connectivity index is 1.08. The molecule has 0 saturated carbocycles. The molecule has 0 aliphatic carbocycles. The second-order valence-electron chi connectivity index (χ2n) is 8.76. The summed E-state index contributed by atoms with van der Waals surface area (Å²) in [6.07, 6.45) is 1.66. The molecule has 0 unspecified atom stereocenters. The Morgan fingerprint density at radius 1 is 0.971 bits per heavy atom. The number of benzene rings is 3. The van der Waals surface area contributed by atoms with Gasteiger partial charge in [0.05, 0.1) is 16.1 Å². The van der Waals surface area contributed by atoms with Crippen LogP contribution in [0.1, 0.15) is 12.8 Å². The molecule has 2 heterocycles. The summed E-state index contributed by atoms with van der Waals surface area (Å²) in [5, 5.41) is 2.33. The third-order valence-electron chi connectivity index (χ3n) is 6.42. The van der Waals surface area contributed by atoms with E-state index in [2.05, 4.69) is 19.5 Å². The van der Waals surface area contributed by atoms with Crippen molar-refractivity contribution in [2.24, 2.45) is 0 Å². The zero-order valence-corrected chi connectivity index (χ0v) is 20.7. The summed E-state index contributed by atoms with van der Waals surface area (Å²) in [6, 6.07) is 16.2. The largest absolute Gasteiger partial charge is 0.417 e. The molecule has 8 nitrogen and oxygen atoms in total. The first-order chi connectivity index (χ1) is 16.9. The normalized spacial score (nSPS) is 15.3. The molecule has 1 fully saturated rings. The van der Waals surface area contributed by atoms with E-state index in [1.54, 1.807) is 30.3 Å². The first-order valence-electron chi connectivity index (χ1n) is 11.7. The summed E-state index contributed by atoms with van der Waals surface area (Å²) >= 11 is 6.04. The van der Waals surface area contributed by atoms with E-state index in [0.29, 0.717) is 22.7 Å². The third kappa shape index (κ3) is 5.38. The standard InChI is InChI=1S/C25H27ClN4O4S/c26-20-8-6-18-7-9-21(17-19(18)16-20)35(32,33)27-10-1-2-11-29-12-14-30(15-13-29)23-5-3-4-22-24(23)34-25(31)28-22/h3-9,16-17,27H,1-2,10-15H2,(H,28,31). The second kappa shape index (κ2) is 10.0. The van der Waals surface area contributed by atoms with Crippen molar-refractivity contribution in [2.75, 3.05) is 44.2 Å². The first kappa shape index (κ1) is 23.9. The summed E-state index contributed by atoms with van der Waals surface area (Å²) in [5.74, 6) is -0.438. The average Bonchev–Trinajstić information content (AvgIpc) is 3.24. The monoisotopic (exact) mass is 514 g/mol. The minimum absolute atomic E-state index is 0.247. The van der Waals surface area contributed by atoms with E-state index < -0.39 is 15.8 Å². The smallest absolute Gasteiger partial charge is 0.406 e. The van der Waals surface area contributed by atoms with Crippen molar-refractivity contribution in [1.29, 1.82) is 0 Å². The number of piperazine rings is 1. The topological polar surface area (TPSA) is 98.6 Å². The Kier molecular flexibility index (Phi) is 6.84. The number of aromatic amines is 1. The number of anilines is 1. The van der Waals surface area contributed by atoms with E-state index in [0.717, 1.165) is 62.0 Å². The quantitative estimate of drug-likeness (QED) is 0.347. The van der Waals surface area contributed by atoms with Gasteiger partial charge in [0.25, 0.3) is 0 Å². The molecule has 4 aromatic rings. The highest BCUT2D eigenvalue weighted by molar-refractivity contribution is 7.89. The lowest BCUT2D eigenvalue weighted by atomic mass is 10.1. The van der Waals surface area contributed by atoms with Crippen LogP contribution < -0.4 is 15.4 Å². The van der Waals surface area contributed by atoms with Gasteiger partial charge in [0, 0.05) is 37.7 Å². The molecule has 1 aliphatic rings. The van der Waals surface area contributed by atoms with Gasteiger partial charge in [-0.1, -0.05) is 29.8 Å². The number of halogens is 1. The van der Waals surface area contributed by atoms with Gasteiger partial charge in [0.1, 0.15) is 0 Å². The van der Waals surface area contributed by atoms with Gasteiger partial charge in [-0.3, -0.25) is 9.88 Å². The van der Waals surface area contributed by atoms with Crippen LogP contribution in [0.2, 0.25) is 5.02 Å². The lowest BCUT2D eigenvalue weighted by molar-refractivity contribution is 0.253. The fraction of sp³-hybridized carbons (Fsp3) is 0.320. The minimum atomic E-state index is -3.57. The van der Waals surface area contributed by atoms with Crippen molar-refractivity contribution in [1.82, 2.24) is 14.6 Å². The number of nitrogens with one attached hydrogen (secondary N) is 2. The number of H-pyrrole nitrogens is 1. The van der Waals surface area contributed by atoms with Crippen LogP contribution in [0.3, 0.4) is 0 Å².